The van der Waals surface area contributed by atoms with Crippen LogP contribution in [0.3, 0.4) is 0 Å². The van der Waals surface area contributed by atoms with Crippen molar-refractivity contribution in [2.24, 2.45) is 0 Å². The molecule has 3 aromatic rings. The molecule has 7 heteroatoms. The number of aromatic nitrogens is 2. The van der Waals surface area contributed by atoms with E-state index in [1.807, 2.05) is 25.1 Å². The molecule has 27 heavy (non-hydrogen) atoms. The second-order valence-electron chi connectivity index (χ2n) is 5.74. The minimum atomic E-state index is -0.520. The summed E-state index contributed by atoms with van der Waals surface area (Å²) in [5.41, 5.74) is 0.946. The molecule has 0 bridgehead atoms. The van der Waals surface area contributed by atoms with Crippen molar-refractivity contribution in [3.05, 3.63) is 58.9 Å². The van der Waals surface area contributed by atoms with Gasteiger partial charge in [0.15, 0.2) is 5.16 Å². The molecule has 3 rings (SSSR count). The molecule has 0 saturated carbocycles. The zero-order valence-corrected chi connectivity index (χ0v) is 16.2. The highest BCUT2D eigenvalue weighted by atomic mass is 32.2. The van der Waals surface area contributed by atoms with Crippen LogP contribution in [0.1, 0.15) is 13.8 Å². The monoisotopic (exact) mass is 384 g/mol. The van der Waals surface area contributed by atoms with Crippen LogP contribution in [0.15, 0.2) is 58.5 Å². The number of ether oxygens (including phenoxy) is 2. The summed E-state index contributed by atoms with van der Waals surface area (Å²) in [5, 5.41) is 0.385. The number of esters is 1. The largest absolute Gasteiger partial charge is 0.492 e. The lowest BCUT2D eigenvalue weighted by molar-refractivity contribution is -0.139. The van der Waals surface area contributed by atoms with Gasteiger partial charge < -0.3 is 9.47 Å². The fourth-order valence-electron chi connectivity index (χ4n) is 2.70. The van der Waals surface area contributed by atoms with Crippen LogP contribution < -0.4 is 10.3 Å². The van der Waals surface area contributed by atoms with Crippen molar-refractivity contribution in [3.63, 3.8) is 0 Å². The van der Waals surface area contributed by atoms with Crippen LogP contribution in [0, 0.1) is 0 Å². The van der Waals surface area contributed by atoms with Crippen molar-refractivity contribution in [1.29, 1.82) is 0 Å². The van der Waals surface area contributed by atoms with Gasteiger partial charge in [-0.2, -0.15) is 0 Å². The molecule has 0 N–H and O–H groups in total. The van der Waals surface area contributed by atoms with E-state index in [-0.39, 0.29) is 11.5 Å². The van der Waals surface area contributed by atoms with E-state index in [0.717, 1.165) is 0 Å². The number of carbonyl (C=O) groups excluding carboxylic acids is 1. The Kier molecular flexibility index (Phi) is 5.81. The van der Waals surface area contributed by atoms with Crippen LogP contribution in [-0.2, 0) is 9.53 Å². The number of hydrogen-bond donors (Lipinski definition) is 0. The van der Waals surface area contributed by atoms with Crippen LogP contribution in [0.5, 0.6) is 5.75 Å². The maximum atomic E-state index is 13.3. The first-order valence-electron chi connectivity index (χ1n) is 8.55. The Morgan fingerprint density at radius 3 is 2.63 bits per heavy atom. The number of nitrogens with zero attached hydrogens (tertiary/aromatic N) is 2. The maximum Gasteiger partial charge on any atom is 0.318 e. The van der Waals surface area contributed by atoms with Crippen molar-refractivity contribution in [2.45, 2.75) is 24.3 Å². The number of para-hydroxylation sites is 3. The van der Waals surface area contributed by atoms with Crippen molar-refractivity contribution in [2.75, 3.05) is 13.7 Å². The third-order valence-electron chi connectivity index (χ3n) is 3.97. The van der Waals surface area contributed by atoms with E-state index < -0.39 is 5.25 Å². The standard InChI is InChI=1S/C20H20N2O4S/c1-4-26-17-12-8-7-11-16(17)22-18(23)14-9-5-6-10-15(14)21-20(22)27-13(2)19(24)25-3/h5-13H,4H2,1-3H3/t13-/m1/s1. The molecule has 0 unspecified atom stereocenters. The average molecular weight is 384 g/mol. The molecule has 140 valence electrons. The van der Waals surface area contributed by atoms with E-state index in [0.29, 0.717) is 34.1 Å². The second kappa shape index (κ2) is 8.26. The first-order valence-corrected chi connectivity index (χ1v) is 9.43. The smallest absolute Gasteiger partial charge is 0.318 e. The van der Waals surface area contributed by atoms with Crippen molar-refractivity contribution in [1.82, 2.24) is 9.55 Å². The van der Waals surface area contributed by atoms with Gasteiger partial charge in [-0.25, -0.2) is 4.98 Å². The first-order chi connectivity index (χ1) is 13.1. The summed E-state index contributed by atoms with van der Waals surface area (Å²) in [6.45, 7) is 4.07. The number of carbonyl (C=O) groups is 1. The Morgan fingerprint density at radius 1 is 1.19 bits per heavy atom. The summed E-state index contributed by atoms with van der Waals surface area (Å²) in [4.78, 5) is 29.8. The summed E-state index contributed by atoms with van der Waals surface area (Å²) in [6, 6.07) is 14.4. The molecule has 1 heterocycles. The molecule has 1 aromatic heterocycles. The maximum absolute atomic E-state index is 13.3. The van der Waals surface area contributed by atoms with Crippen LogP contribution in [0.2, 0.25) is 0 Å². The summed E-state index contributed by atoms with van der Waals surface area (Å²) >= 11 is 1.18. The normalized spacial score (nSPS) is 12.0. The van der Waals surface area contributed by atoms with E-state index >= 15 is 0 Å². The molecule has 0 fully saturated rings. The van der Waals surface area contributed by atoms with Crippen LogP contribution in [-0.4, -0.2) is 34.5 Å². The van der Waals surface area contributed by atoms with E-state index in [9.17, 15) is 9.59 Å². The molecule has 0 amide bonds. The molecular weight excluding hydrogens is 364 g/mol. The number of benzene rings is 2. The van der Waals surface area contributed by atoms with Gasteiger partial charge in [-0.3, -0.25) is 14.2 Å². The van der Waals surface area contributed by atoms with Crippen molar-refractivity contribution >= 4 is 28.6 Å². The van der Waals surface area contributed by atoms with Crippen molar-refractivity contribution in [3.8, 4) is 11.4 Å². The summed E-state index contributed by atoms with van der Waals surface area (Å²) in [5.74, 6) is 0.193. The molecule has 1 atom stereocenters. The molecule has 0 aliphatic carbocycles. The summed E-state index contributed by atoms with van der Waals surface area (Å²) in [7, 11) is 1.34. The Bertz CT molecular complexity index is 1030. The molecule has 0 saturated heterocycles. The predicted molar refractivity (Wildman–Crippen MR) is 106 cm³/mol. The van der Waals surface area contributed by atoms with Gasteiger partial charge in [-0.1, -0.05) is 36.0 Å². The second-order valence-corrected chi connectivity index (χ2v) is 7.04. The van der Waals surface area contributed by atoms with Gasteiger partial charge in [-0.15, -0.1) is 0 Å². The number of fused-ring (bicyclic) bond motifs is 1. The summed E-state index contributed by atoms with van der Waals surface area (Å²) in [6.07, 6.45) is 0. The van der Waals surface area contributed by atoms with Crippen LogP contribution in [0.25, 0.3) is 16.6 Å². The van der Waals surface area contributed by atoms with Gasteiger partial charge >= 0.3 is 5.97 Å². The van der Waals surface area contributed by atoms with Gasteiger partial charge in [0.25, 0.3) is 5.56 Å². The zero-order chi connectivity index (χ0) is 19.4. The number of rotatable bonds is 6. The van der Waals surface area contributed by atoms with Crippen LogP contribution >= 0.6 is 11.8 Å². The van der Waals surface area contributed by atoms with Gasteiger partial charge in [-0.05, 0) is 38.1 Å². The number of hydrogen-bond acceptors (Lipinski definition) is 6. The zero-order valence-electron chi connectivity index (χ0n) is 15.3. The van der Waals surface area contributed by atoms with E-state index in [1.54, 1.807) is 37.3 Å². The van der Waals surface area contributed by atoms with E-state index in [1.165, 1.54) is 23.4 Å². The molecular formula is C20H20N2O4S. The molecule has 0 radical (unpaired) electrons. The van der Waals surface area contributed by atoms with Gasteiger partial charge in [0.05, 0.1) is 30.3 Å². The Balaban J connectivity index is 2.26. The minimum Gasteiger partial charge on any atom is -0.492 e. The first kappa shape index (κ1) is 19.0. The van der Waals surface area contributed by atoms with Gasteiger partial charge in [0.1, 0.15) is 11.0 Å². The molecule has 0 spiro atoms. The fourth-order valence-corrected chi connectivity index (χ4v) is 3.64. The average Bonchev–Trinajstić information content (AvgIpc) is 2.68. The topological polar surface area (TPSA) is 70.4 Å². The molecule has 2 aromatic carbocycles. The third kappa shape index (κ3) is 3.83. The Labute approximate surface area is 161 Å². The molecule has 0 aliphatic rings. The van der Waals surface area contributed by atoms with Gasteiger partial charge in [0.2, 0.25) is 0 Å². The number of methoxy groups -OCH3 is 1. The predicted octanol–water partition coefficient (Wildman–Crippen LogP) is 3.44. The highest BCUT2D eigenvalue weighted by Crippen LogP contribution is 2.29. The third-order valence-corrected chi connectivity index (χ3v) is 5.00. The Morgan fingerprint density at radius 2 is 1.89 bits per heavy atom. The van der Waals surface area contributed by atoms with Crippen LogP contribution in [0.4, 0.5) is 0 Å². The number of thioether (sulfide) groups is 1. The lowest BCUT2D eigenvalue weighted by atomic mass is 10.2. The van der Waals surface area contributed by atoms with E-state index in [4.69, 9.17) is 9.47 Å². The fraction of sp³-hybridized carbons (Fsp3) is 0.250. The quantitative estimate of drug-likeness (QED) is 0.368. The minimum absolute atomic E-state index is 0.215. The lowest BCUT2D eigenvalue weighted by Crippen LogP contribution is -2.24. The van der Waals surface area contributed by atoms with Gasteiger partial charge in [0, 0.05) is 0 Å². The molecule has 6 nitrogen and oxygen atoms in total. The SMILES string of the molecule is CCOc1ccccc1-n1c(S[C@H](C)C(=O)OC)nc2ccccc2c1=O. The highest BCUT2D eigenvalue weighted by Gasteiger charge is 2.22. The highest BCUT2D eigenvalue weighted by molar-refractivity contribution is 8.00. The Hall–Kier alpha value is -2.80. The van der Waals surface area contributed by atoms with E-state index in [2.05, 4.69) is 4.98 Å². The van der Waals surface area contributed by atoms with Crippen molar-refractivity contribution < 1.29 is 14.3 Å². The summed E-state index contributed by atoms with van der Waals surface area (Å²) < 4.78 is 12.0. The molecule has 0 aliphatic heterocycles. The lowest BCUT2D eigenvalue weighted by Gasteiger charge is -2.17.